The molecule has 2 atom stereocenters. The Morgan fingerprint density at radius 3 is 3.17 bits per heavy atom. The first kappa shape index (κ1) is 8.99. The molecule has 1 aliphatic heterocycles. The molecule has 0 radical (unpaired) electrons. The molecular weight excluding hydrogens is 158 g/mol. The Balaban J connectivity index is 2.32. The second kappa shape index (κ2) is 4.06. The van der Waals surface area contributed by atoms with E-state index in [9.17, 15) is 4.79 Å². The highest BCUT2D eigenvalue weighted by atomic mass is 16.4. The zero-order valence-electron chi connectivity index (χ0n) is 6.95. The Labute approximate surface area is 70.9 Å². The van der Waals surface area contributed by atoms with Crippen LogP contribution in [-0.2, 0) is 4.79 Å². The molecule has 0 bridgehead atoms. The van der Waals surface area contributed by atoms with Gasteiger partial charge in [-0.25, -0.2) is 0 Å². The summed E-state index contributed by atoms with van der Waals surface area (Å²) in [6.45, 7) is 0.672. The van der Waals surface area contributed by atoms with Gasteiger partial charge in [0.1, 0.15) is 6.04 Å². The Hall–Kier alpha value is -1.10. The van der Waals surface area contributed by atoms with Crippen LogP contribution in [0.1, 0.15) is 6.42 Å². The topological polar surface area (TPSA) is 73.7 Å². The molecule has 1 aliphatic rings. The Morgan fingerprint density at radius 2 is 2.75 bits per heavy atom. The predicted octanol–water partition coefficient (Wildman–Crippen LogP) is -0.951. The molecule has 68 valence electrons. The van der Waals surface area contributed by atoms with Crippen LogP contribution in [0.2, 0.25) is 0 Å². The molecule has 0 spiro atoms. The lowest BCUT2D eigenvalue weighted by atomic mass is 10.1. The van der Waals surface area contributed by atoms with Crippen molar-refractivity contribution in [2.75, 3.05) is 13.6 Å². The zero-order chi connectivity index (χ0) is 8.97. The van der Waals surface area contributed by atoms with Gasteiger partial charge in [-0.05, 0) is 13.5 Å². The Morgan fingerprint density at radius 1 is 2.00 bits per heavy atom. The summed E-state index contributed by atoms with van der Waals surface area (Å²) in [5.74, 6) is -0.814. The molecule has 12 heavy (non-hydrogen) atoms. The van der Waals surface area contributed by atoms with E-state index in [4.69, 9.17) is 5.11 Å². The maximum absolute atomic E-state index is 10.6. The maximum atomic E-state index is 10.6. The highest BCUT2D eigenvalue weighted by Crippen LogP contribution is 2.01. The number of carboxylic acid groups (broad SMARTS) is 1. The molecule has 0 amide bonds. The van der Waals surface area contributed by atoms with E-state index >= 15 is 0 Å². The van der Waals surface area contributed by atoms with Crippen molar-refractivity contribution >= 4 is 12.3 Å². The average molecular weight is 171 g/mol. The van der Waals surface area contributed by atoms with Crippen LogP contribution in [0.15, 0.2) is 4.99 Å². The third kappa shape index (κ3) is 2.20. The van der Waals surface area contributed by atoms with E-state index < -0.39 is 12.0 Å². The van der Waals surface area contributed by atoms with Crippen LogP contribution < -0.4 is 10.6 Å². The number of aliphatic carboxylic acids is 1. The van der Waals surface area contributed by atoms with E-state index in [0.29, 0.717) is 13.0 Å². The van der Waals surface area contributed by atoms with Crippen molar-refractivity contribution < 1.29 is 9.90 Å². The molecular formula is C7H13N3O2. The lowest BCUT2D eigenvalue weighted by Gasteiger charge is -2.15. The molecule has 0 aliphatic carbocycles. The second-order valence-corrected chi connectivity index (χ2v) is 2.77. The van der Waals surface area contributed by atoms with E-state index in [2.05, 4.69) is 15.6 Å². The third-order valence-corrected chi connectivity index (χ3v) is 1.89. The quantitative estimate of drug-likeness (QED) is 0.510. The van der Waals surface area contributed by atoms with Crippen molar-refractivity contribution in [3.63, 3.8) is 0 Å². The highest BCUT2D eigenvalue weighted by molar-refractivity contribution is 5.73. The maximum Gasteiger partial charge on any atom is 0.320 e. The first-order chi connectivity index (χ1) is 5.74. The summed E-state index contributed by atoms with van der Waals surface area (Å²) in [6, 6.07) is -0.317. The first-order valence-electron chi connectivity index (χ1n) is 3.88. The van der Waals surface area contributed by atoms with Gasteiger partial charge in [0.05, 0.1) is 12.9 Å². The number of hydrogen-bond donors (Lipinski definition) is 3. The fraction of sp³-hybridized carbons (Fsp3) is 0.714. The zero-order valence-corrected chi connectivity index (χ0v) is 6.95. The minimum Gasteiger partial charge on any atom is -0.480 e. The number of nitrogens with zero attached hydrogens (tertiary/aromatic N) is 1. The molecule has 5 heteroatoms. The smallest absolute Gasteiger partial charge is 0.320 e. The standard InChI is InChI=1S/C7H13N3O2/c1-8-6(7(11)12)2-5-3-9-4-10-5/h4-6,8H,2-3H2,1H3,(H,9,10)(H,11,12)/t5?,6-/m0/s1. The van der Waals surface area contributed by atoms with Crippen LogP contribution in [0.5, 0.6) is 0 Å². The summed E-state index contributed by atoms with van der Waals surface area (Å²) in [5, 5.41) is 14.4. The highest BCUT2D eigenvalue weighted by Gasteiger charge is 2.21. The number of aliphatic imine (C=N–C) groups is 1. The summed E-state index contributed by atoms with van der Waals surface area (Å²) in [4.78, 5) is 14.5. The van der Waals surface area contributed by atoms with Gasteiger partial charge >= 0.3 is 5.97 Å². The first-order valence-corrected chi connectivity index (χ1v) is 3.88. The van der Waals surface area contributed by atoms with E-state index in [0.717, 1.165) is 0 Å². The molecule has 5 nitrogen and oxygen atoms in total. The van der Waals surface area contributed by atoms with Gasteiger partial charge in [0.2, 0.25) is 0 Å². The van der Waals surface area contributed by atoms with E-state index in [1.54, 1.807) is 13.4 Å². The Bertz CT molecular complexity index is 185. The molecule has 0 aromatic heterocycles. The van der Waals surface area contributed by atoms with Gasteiger partial charge in [0.25, 0.3) is 0 Å². The number of hydrogen-bond acceptors (Lipinski definition) is 4. The van der Waals surface area contributed by atoms with Crippen molar-refractivity contribution in [3.05, 3.63) is 0 Å². The van der Waals surface area contributed by atoms with Crippen molar-refractivity contribution in [1.29, 1.82) is 0 Å². The summed E-state index contributed by atoms with van der Waals surface area (Å²) >= 11 is 0. The largest absolute Gasteiger partial charge is 0.480 e. The van der Waals surface area contributed by atoms with Gasteiger partial charge in [-0.15, -0.1) is 0 Å². The lowest BCUT2D eigenvalue weighted by Crippen LogP contribution is -2.40. The Kier molecular flexibility index (Phi) is 3.04. The number of carboxylic acids is 1. The van der Waals surface area contributed by atoms with Gasteiger partial charge in [0, 0.05) is 6.04 Å². The van der Waals surface area contributed by atoms with Crippen LogP contribution in [-0.4, -0.2) is 43.1 Å². The van der Waals surface area contributed by atoms with Crippen LogP contribution in [0.4, 0.5) is 0 Å². The normalized spacial score (nSPS) is 23.6. The van der Waals surface area contributed by atoms with Crippen molar-refractivity contribution in [3.8, 4) is 0 Å². The number of nitrogens with one attached hydrogen (secondary N) is 2. The fourth-order valence-corrected chi connectivity index (χ4v) is 1.16. The molecule has 0 saturated heterocycles. The van der Waals surface area contributed by atoms with E-state index in [-0.39, 0.29) is 6.04 Å². The summed E-state index contributed by atoms with van der Waals surface area (Å²) in [6.07, 6.45) is 2.19. The third-order valence-electron chi connectivity index (χ3n) is 1.89. The average Bonchev–Trinajstić information content (AvgIpc) is 2.51. The van der Waals surface area contributed by atoms with Gasteiger partial charge in [-0.1, -0.05) is 0 Å². The molecule has 1 rings (SSSR count). The monoisotopic (exact) mass is 171 g/mol. The molecule has 0 aromatic carbocycles. The van der Waals surface area contributed by atoms with Crippen LogP contribution in [0.25, 0.3) is 0 Å². The molecule has 0 saturated carbocycles. The van der Waals surface area contributed by atoms with Gasteiger partial charge in [0.15, 0.2) is 0 Å². The molecule has 1 unspecified atom stereocenters. The number of carbonyl (C=O) groups is 1. The van der Waals surface area contributed by atoms with Gasteiger partial charge in [-0.3, -0.25) is 9.79 Å². The molecule has 3 N–H and O–H groups in total. The number of rotatable bonds is 4. The van der Waals surface area contributed by atoms with Gasteiger partial charge in [-0.2, -0.15) is 0 Å². The fourth-order valence-electron chi connectivity index (χ4n) is 1.16. The van der Waals surface area contributed by atoms with Crippen LogP contribution >= 0.6 is 0 Å². The molecule has 0 fully saturated rings. The summed E-state index contributed by atoms with van der Waals surface area (Å²) in [5.41, 5.74) is 0. The minimum atomic E-state index is -0.814. The number of likely N-dealkylation sites (N-methyl/N-ethyl adjacent to an activating group) is 1. The summed E-state index contributed by atoms with van der Waals surface area (Å²) in [7, 11) is 1.65. The second-order valence-electron chi connectivity index (χ2n) is 2.77. The van der Waals surface area contributed by atoms with Crippen LogP contribution in [0.3, 0.4) is 0 Å². The predicted molar refractivity (Wildman–Crippen MR) is 45.4 cm³/mol. The van der Waals surface area contributed by atoms with Gasteiger partial charge < -0.3 is 15.7 Å². The molecule has 1 heterocycles. The molecule has 0 aromatic rings. The van der Waals surface area contributed by atoms with E-state index in [1.807, 2.05) is 0 Å². The van der Waals surface area contributed by atoms with E-state index in [1.165, 1.54) is 0 Å². The van der Waals surface area contributed by atoms with Crippen molar-refractivity contribution in [2.24, 2.45) is 4.99 Å². The van der Waals surface area contributed by atoms with Crippen LogP contribution in [0, 0.1) is 0 Å². The summed E-state index contributed by atoms with van der Waals surface area (Å²) < 4.78 is 0. The lowest BCUT2D eigenvalue weighted by molar-refractivity contribution is -0.139. The SMILES string of the molecule is CN[C@@H](CC1CN=CN1)C(=O)O. The van der Waals surface area contributed by atoms with Crippen molar-refractivity contribution in [1.82, 2.24) is 10.6 Å². The minimum absolute atomic E-state index is 0.165. The van der Waals surface area contributed by atoms with Crippen molar-refractivity contribution in [2.45, 2.75) is 18.5 Å².